The molecule has 0 aliphatic heterocycles. The van der Waals surface area contributed by atoms with E-state index in [0.29, 0.717) is 12.2 Å². The van der Waals surface area contributed by atoms with Gasteiger partial charge < -0.3 is 11.5 Å². The van der Waals surface area contributed by atoms with Gasteiger partial charge in [0.05, 0.1) is 5.69 Å². The number of nitrogens with zero attached hydrogens (tertiary/aromatic N) is 3. The van der Waals surface area contributed by atoms with Gasteiger partial charge in [-0.25, -0.2) is 0 Å². The van der Waals surface area contributed by atoms with Gasteiger partial charge >= 0.3 is 0 Å². The van der Waals surface area contributed by atoms with Crippen LogP contribution in [0.4, 0.5) is 5.69 Å². The first kappa shape index (κ1) is 11.1. The Bertz CT molecular complexity index is 520. The largest absolute Gasteiger partial charge is 0.396 e. The van der Waals surface area contributed by atoms with Crippen LogP contribution < -0.4 is 11.5 Å². The number of anilines is 1. The van der Waals surface area contributed by atoms with E-state index >= 15 is 0 Å². The molecule has 2 rings (SSSR count). The van der Waals surface area contributed by atoms with Crippen LogP contribution in [0, 0.1) is 0 Å². The molecule has 4 N–H and O–H groups in total. The Morgan fingerprint density at radius 1 is 1.47 bits per heavy atom. The molecular weight excluding hydrogens is 218 g/mol. The van der Waals surface area contributed by atoms with Gasteiger partial charge in [-0.3, -0.25) is 14.5 Å². The fourth-order valence-corrected chi connectivity index (χ4v) is 1.53. The third kappa shape index (κ3) is 2.60. The molecule has 6 nitrogen and oxygen atoms in total. The van der Waals surface area contributed by atoms with Gasteiger partial charge in [-0.15, -0.1) is 0 Å². The van der Waals surface area contributed by atoms with Crippen molar-refractivity contribution in [3.63, 3.8) is 0 Å². The first-order valence-electron chi connectivity index (χ1n) is 5.18. The summed E-state index contributed by atoms with van der Waals surface area (Å²) in [4.78, 5) is 15.0. The predicted molar refractivity (Wildman–Crippen MR) is 63.1 cm³/mol. The second-order valence-electron chi connectivity index (χ2n) is 3.67. The second-order valence-corrected chi connectivity index (χ2v) is 3.67. The van der Waals surface area contributed by atoms with Crippen molar-refractivity contribution >= 4 is 11.6 Å². The van der Waals surface area contributed by atoms with E-state index in [0.717, 1.165) is 12.0 Å². The number of primary amides is 1. The van der Waals surface area contributed by atoms with Crippen molar-refractivity contribution in [2.45, 2.75) is 13.0 Å². The van der Waals surface area contributed by atoms with Crippen molar-refractivity contribution in [3.05, 3.63) is 42.0 Å². The number of carbonyl (C=O) groups is 1. The smallest absolute Gasteiger partial charge is 0.271 e. The fraction of sp³-hybridized carbons (Fsp3) is 0.182. The van der Waals surface area contributed by atoms with E-state index < -0.39 is 5.91 Å². The number of nitrogen functional groups attached to an aromatic ring is 1. The third-order valence-electron chi connectivity index (χ3n) is 2.38. The van der Waals surface area contributed by atoms with E-state index in [9.17, 15) is 4.79 Å². The second kappa shape index (κ2) is 4.65. The average molecular weight is 231 g/mol. The van der Waals surface area contributed by atoms with Crippen LogP contribution in [0.2, 0.25) is 0 Å². The highest BCUT2D eigenvalue weighted by molar-refractivity contribution is 5.95. The van der Waals surface area contributed by atoms with Crippen LogP contribution in [0.5, 0.6) is 0 Å². The maximum absolute atomic E-state index is 11.0. The molecule has 2 aromatic rings. The summed E-state index contributed by atoms with van der Waals surface area (Å²) >= 11 is 0. The van der Waals surface area contributed by atoms with Crippen LogP contribution in [0.1, 0.15) is 16.1 Å². The summed E-state index contributed by atoms with van der Waals surface area (Å²) in [5.41, 5.74) is 12.3. The maximum Gasteiger partial charge on any atom is 0.271 e. The highest BCUT2D eigenvalue weighted by atomic mass is 16.1. The highest BCUT2D eigenvalue weighted by Crippen LogP contribution is 2.09. The Kier molecular flexibility index (Phi) is 3.04. The number of aromatic nitrogens is 3. The SMILES string of the molecule is NC(=O)c1nn(CCc2cccnc2)cc1N. The number of carbonyl (C=O) groups excluding carboxylic acids is 1. The van der Waals surface area contributed by atoms with E-state index in [-0.39, 0.29) is 5.69 Å². The zero-order valence-corrected chi connectivity index (χ0v) is 9.21. The van der Waals surface area contributed by atoms with Gasteiger partial charge in [0, 0.05) is 25.1 Å². The Morgan fingerprint density at radius 2 is 2.29 bits per heavy atom. The van der Waals surface area contributed by atoms with Crippen molar-refractivity contribution in [2.75, 3.05) is 5.73 Å². The minimum absolute atomic E-state index is 0.121. The molecule has 0 atom stereocenters. The molecule has 0 saturated heterocycles. The zero-order valence-electron chi connectivity index (χ0n) is 9.21. The number of aryl methyl sites for hydroxylation is 2. The van der Waals surface area contributed by atoms with Crippen molar-refractivity contribution in [1.29, 1.82) is 0 Å². The van der Waals surface area contributed by atoms with Gasteiger partial charge in [0.25, 0.3) is 5.91 Å². The molecule has 17 heavy (non-hydrogen) atoms. The molecule has 0 aliphatic rings. The van der Waals surface area contributed by atoms with Gasteiger partial charge in [0.2, 0.25) is 0 Å². The van der Waals surface area contributed by atoms with Crippen LogP contribution in [0.3, 0.4) is 0 Å². The molecule has 0 unspecified atom stereocenters. The normalized spacial score (nSPS) is 10.4. The van der Waals surface area contributed by atoms with Crippen molar-refractivity contribution < 1.29 is 4.79 Å². The summed E-state index contributed by atoms with van der Waals surface area (Å²) in [7, 11) is 0. The van der Waals surface area contributed by atoms with Gasteiger partial charge in [0.1, 0.15) is 0 Å². The molecule has 0 radical (unpaired) electrons. The Labute approximate surface area is 98.3 Å². The molecule has 0 aromatic carbocycles. The first-order valence-corrected chi connectivity index (χ1v) is 5.18. The fourth-order valence-electron chi connectivity index (χ4n) is 1.53. The summed E-state index contributed by atoms with van der Waals surface area (Å²) in [6.45, 7) is 0.628. The van der Waals surface area contributed by atoms with Crippen molar-refractivity contribution in [1.82, 2.24) is 14.8 Å². The molecule has 88 valence electrons. The van der Waals surface area contributed by atoms with Crippen molar-refractivity contribution in [2.24, 2.45) is 5.73 Å². The molecule has 1 amide bonds. The summed E-state index contributed by atoms with van der Waals surface area (Å²) < 4.78 is 1.61. The molecule has 0 saturated carbocycles. The lowest BCUT2D eigenvalue weighted by Gasteiger charge is -2.00. The number of amides is 1. The Morgan fingerprint density at radius 3 is 2.88 bits per heavy atom. The molecular formula is C11H13N5O. The number of nitrogens with two attached hydrogens (primary N) is 2. The molecule has 2 aromatic heterocycles. The van der Waals surface area contributed by atoms with E-state index in [1.165, 1.54) is 0 Å². The first-order chi connectivity index (χ1) is 8.16. The standard InChI is InChI=1S/C11H13N5O/c12-9-7-16(15-10(9)11(13)17)5-3-8-2-1-4-14-6-8/h1-2,4,6-7H,3,5,12H2,(H2,13,17). The van der Waals surface area contributed by atoms with Crippen LogP contribution >= 0.6 is 0 Å². The molecule has 2 heterocycles. The molecule has 0 bridgehead atoms. The van der Waals surface area contributed by atoms with Gasteiger partial charge in [-0.2, -0.15) is 5.10 Å². The van der Waals surface area contributed by atoms with Crippen LogP contribution in [-0.2, 0) is 13.0 Å². The summed E-state index contributed by atoms with van der Waals surface area (Å²) in [5.74, 6) is -0.609. The van der Waals surface area contributed by atoms with E-state index in [4.69, 9.17) is 11.5 Å². The van der Waals surface area contributed by atoms with Crippen LogP contribution in [0.25, 0.3) is 0 Å². The molecule has 0 aliphatic carbocycles. The van der Waals surface area contributed by atoms with E-state index in [2.05, 4.69) is 10.1 Å². The Hall–Kier alpha value is -2.37. The third-order valence-corrected chi connectivity index (χ3v) is 2.38. The average Bonchev–Trinajstić information content (AvgIpc) is 2.69. The number of hydrogen-bond donors (Lipinski definition) is 2. The lowest BCUT2D eigenvalue weighted by Crippen LogP contribution is -2.14. The van der Waals surface area contributed by atoms with Gasteiger partial charge in [-0.1, -0.05) is 6.07 Å². The molecule has 0 fully saturated rings. The van der Waals surface area contributed by atoms with E-state index in [1.807, 2.05) is 12.1 Å². The van der Waals surface area contributed by atoms with Gasteiger partial charge in [-0.05, 0) is 18.1 Å². The molecule has 0 spiro atoms. The monoisotopic (exact) mass is 231 g/mol. The van der Waals surface area contributed by atoms with Crippen LogP contribution in [-0.4, -0.2) is 20.7 Å². The lowest BCUT2D eigenvalue weighted by atomic mass is 10.2. The summed E-state index contributed by atoms with van der Waals surface area (Å²) in [6.07, 6.45) is 5.89. The lowest BCUT2D eigenvalue weighted by molar-refractivity contribution is 0.0995. The quantitative estimate of drug-likeness (QED) is 0.785. The Balaban J connectivity index is 2.05. The summed E-state index contributed by atoms with van der Waals surface area (Å²) in [5, 5.41) is 4.02. The van der Waals surface area contributed by atoms with E-state index in [1.54, 1.807) is 23.3 Å². The number of rotatable bonds is 4. The topological polar surface area (TPSA) is 99.8 Å². The predicted octanol–water partition coefficient (Wildman–Crippen LogP) is 0.202. The molecule has 6 heteroatoms. The van der Waals surface area contributed by atoms with Crippen molar-refractivity contribution in [3.8, 4) is 0 Å². The summed E-state index contributed by atoms with van der Waals surface area (Å²) in [6, 6.07) is 3.86. The minimum atomic E-state index is -0.609. The highest BCUT2D eigenvalue weighted by Gasteiger charge is 2.10. The zero-order chi connectivity index (χ0) is 12.3. The van der Waals surface area contributed by atoms with Crippen LogP contribution in [0.15, 0.2) is 30.7 Å². The van der Waals surface area contributed by atoms with Gasteiger partial charge in [0.15, 0.2) is 5.69 Å². The minimum Gasteiger partial charge on any atom is -0.396 e. The number of pyridine rings is 1. The maximum atomic E-state index is 11.0. The number of hydrogen-bond acceptors (Lipinski definition) is 4.